The number of amides is 1. The van der Waals surface area contributed by atoms with Gasteiger partial charge in [0, 0.05) is 18.7 Å². The topological polar surface area (TPSA) is 75.7 Å². The van der Waals surface area contributed by atoms with E-state index in [4.69, 9.17) is 28.4 Å². The van der Waals surface area contributed by atoms with Crippen molar-refractivity contribution in [2.24, 2.45) is 0 Å². The largest absolute Gasteiger partial charge is 0.497 e. The average molecular weight is 448 g/mol. The van der Waals surface area contributed by atoms with Crippen LogP contribution in [0, 0.1) is 0 Å². The number of methoxy groups -OCH3 is 1. The summed E-state index contributed by atoms with van der Waals surface area (Å²) in [5.41, 5.74) is 0.636. The maximum Gasteiger partial charge on any atom is 0.254 e. The third kappa shape index (κ3) is 8.03. The smallest absolute Gasteiger partial charge is 0.254 e. The summed E-state index contributed by atoms with van der Waals surface area (Å²) in [6.45, 7) is 5.83. The SMILES string of the molecule is COc1ccc2cc(C(=O)N3CCOCCOCCOCCOCCOCC3)ccc2c1. The van der Waals surface area contributed by atoms with Crippen molar-refractivity contribution in [1.82, 2.24) is 4.90 Å². The zero-order valence-electron chi connectivity index (χ0n) is 18.8. The summed E-state index contributed by atoms with van der Waals surface area (Å²) in [4.78, 5) is 15.0. The molecule has 2 aromatic rings. The van der Waals surface area contributed by atoms with Gasteiger partial charge in [-0.25, -0.2) is 0 Å². The fourth-order valence-corrected chi connectivity index (χ4v) is 3.31. The third-order valence-electron chi connectivity index (χ3n) is 5.08. The van der Waals surface area contributed by atoms with E-state index in [-0.39, 0.29) is 5.91 Å². The maximum absolute atomic E-state index is 13.2. The highest BCUT2D eigenvalue weighted by Crippen LogP contribution is 2.22. The van der Waals surface area contributed by atoms with Gasteiger partial charge < -0.3 is 33.3 Å². The number of carbonyl (C=O) groups is 1. The van der Waals surface area contributed by atoms with Crippen molar-refractivity contribution >= 4 is 16.7 Å². The second kappa shape index (κ2) is 14.0. The van der Waals surface area contributed by atoms with Crippen LogP contribution >= 0.6 is 0 Å². The number of ether oxygens (including phenoxy) is 6. The zero-order valence-corrected chi connectivity index (χ0v) is 18.8. The van der Waals surface area contributed by atoms with Crippen LogP contribution in [0.1, 0.15) is 10.4 Å². The van der Waals surface area contributed by atoms with Gasteiger partial charge in [-0.3, -0.25) is 4.79 Å². The molecule has 0 saturated carbocycles. The van der Waals surface area contributed by atoms with Crippen molar-refractivity contribution in [2.45, 2.75) is 0 Å². The van der Waals surface area contributed by atoms with Crippen LogP contribution in [0.25, 0.3) is 10.8 Å². The highest BCUT2D eigenvalue weighted by molar-refractivity contribution is 5.98. The van der Waals surface area contributed by atoms with E-state index in [1.807, 2.05) is 36.4 Å². The van der Waals surface area contributed by atoms with Crippen LogP contribution in [-0.2, 0) is 23.7 Å². The van der Waals surface area contributed by atoms with E-state index in [9.17, 15) is 4.79 Å². The molecule has 32 heavy (non-hydrogen) atoms. The Hall–Kier alpha value is -2.23. The Morgan fingerprint density at radius 2 is 1.16 bits per heavy atom. The van der Waals surface area contributed by atoms with Crippen LogP contribution in [0.3, 0.4) is 0 Å². The van der Waals surface area contributed by atoms with Crippen molar-refractivity contribution in [3.63, 3.8) is 0 Å². The van der Waals surface area contributed by atoms with Crippen molar-refractivity contribution in [2.75, 3.05) is 86.3 Å². The lowest BCUT2D eigenvalue weighted by molar-refractivity contribution is -0.0176. The van der Waals surface area contributed by atoms with E-state index in [1.54, 1.807) is 12.0 Å². The van der Waals surface area contributed by atoms with Gasteiger partial charge in [0.2, 0.25) is 0 Å². The molecule has 1 amide bonds. The van der Waals surface area contributed by atoms with Gasteiger partial charge in [0.15, 0.2) is 0 Å². The summed E-state index contributed by atoms with van der Waals surface area (Å²) in [6.07, 6.45) is 0. The molecular weight excluding hydrogens is 414 g/mol. The molecule has 0 radical (unpaired) electrons. The molecule has 8 heteroatoms. The Kier molecular flexibility index (Phi) is 10.7. The average Bonchev–Trinajstić information content (AvgIpc) is 2.83. The van der Waals surface area contributed by atoms with Crippen LogP contribution in [0.2, 0.25) is 0 Å². The van der Waals surface area contributed by atoms with Gasteiger partial charge in [-0.05, 0) is 35.0 Å². The van der Waals surface area contributed by atoms with Gasteiger partial charge >= 0.3 is 0 Å². The molecule has 0 N–H and O–H groups in total. The van der Waals surface area contributed by atoms with Gasteiger partial charge in [0.05, 0.1) is 73.2 Å². The first kappa shape index (κ1) is 24.4. The van der Waals surface area contributed by atoms with E-state index in [1.165, 1.54) is 0 Å². The molecule has 0 spiro atoms. The summed E-state index contributed by atoms with van der Waals surface area (Å²) < 4.78 is 33.0. The second-order valence-corrected chi connectivity index (χ2v) is 7.28. The van der Waals surface area contributed by atoms with E-state index in [2.05, 4.69) is 0 Å². The molecule has 0 aliphatic carbocycles. The lowest BCUT2D eigenvalue weighted by Gasteiger charge is -2.23. The Morgan fingerprint density at radius 3 is 1.69 bits per heavy atom. The van der Waals surface area contributed by atoms with Gasteiger partial charge in [-0.15, -0.1) is 0 Å². The summed E-state index contributed by atoms with van der Waals surface area (Å²) in [7, 11) is 1.64. The lowest BCUT2D eigenvalue weighted by atomic mass is 10.1. The van der Waals surface area contributed by atoms with Crippen molar-refractivity contribution in [3.05, 3.63) is 42.0 Å². The van der Waals surface area contributed by atoms with Crippen molar-refractivity contribution in [3.8, 4) is 5.75 Å². The molecule has 1 aliphatic rings. The normalized spacial score (nSPS) is 18.6. The molecule has 8 nitrogen and oxygen atoms in total. The fourth-order valence-electron chi connectivity index (χ4n) is 3.31. The summed E-state index contributed by atoms with van der Waals surface area (Å²) >= 11 is 0. The third-order valence-corrected chi connectivity index (χ3v) is 5.08. The van der Waals surface area contributed by atoms with E-state index in [0.29, 0.717) is 84.7 Å². The summed E-state index contributed by atoms with van der Waals surface area (Å²) in [5.74, 6) is 0.743. The quantitative estimate of drug-likeness (QED) is 0.700. The molecule has 0 unspecified atom stereocenters. The molecule has 0 atom stereocenters. The minimum absolute atomic E-state index is 0.0472. The Bertz CT molecular complexity index is 811. The maximum atomic E-state index is 13.2. The van der Waals surface area contributed by atoms with Crippen molar-refractivity contribution < 1.29 is 33.2 Å². The van der Waals surface area contributed by atoms with Gasteiger partial charge in [-0.1, -0.05) is 12.1 Å². The molecule has 1 aliphatic heterocycles. The number of hydrogen-bond acceptors (Lipinski definition) is 7. The Labute approximate surface area is 189 Å². The molecule has 3 rings (SSSR count). The van der Waals surface area contributed by atoms with Crippen molar-refractivity contribution in [1.29, 1.82) is 0 Å². The van der Waals surface area contributed by atoms with E-state index in [0.717, 1.165) is 16.5 Å². The monoisotopic (exact) mass is 447 g/mol. The van der Waals surface area contributed by atoms with Crippen LogP contribution in [0.5, 0.6) is 5.75 Å². The predicted molar refractivity (Wildman–Crippen MR) is 120 cm³/mol. The molecule has 1 fully saturated rings. The Morgan fingerprint density at radius 1 is 0.688 bits per heavy atom. The number of rotatable bonds is 2. The fraction of sp³-hybridized carbons (Fsp3) is 0.542. The van der Waals surface area contributed by atoms with Crippen LogP contribution in [-0.4, -0.2) is 97.1 Å². The molecule has 176 valence electrons. The number of benzene rings is 2. The van der Waals surface area contributed by atoms with Gasteiger partial charge in [0.1, 0.15) is 5.75 Å². The molecule has 0 aromatic heterocycles. The van der Waals surface area contributed by atoms with Crippen LogP contribution in [0.4, 0.5) is 0 Å². The highest BCUT2D eigenvalue weighted by atomic mass is 16.6. The molecule has 0 bridgehead atoms. The zero-order chi connectivity index (χ0) is 22.4. The minimum atomic E-state index is -0.0472. The Balaban J connectivity index is 1.60. The number of hydrogen-bond donors (Lipinski definition) is 0. The number of carbonyl (C=O) groups excluding carboxylic acids is 1. The second-order valence-electron chi connectivity index (χ2n) is 7.28. The van der Waals surface area contributed by atoms with Gasteiger partial charge in [-0.2, -0.15) is 0 Å². The predicted octanol–water partition coefficient (Wildman–Crippen LogP) is 2.39. The molecule has 1 heterocycles. The number of nitrogens with zero attached hydrogens (tertiary/aromatic N) is 1. The van der Waals surface area contributed by atoms with Crippen LogP contribution < -0.4 is 4.74 Å². The van der Waals surface area contributed by atoms with Gasteiger partial charge in [0.25, 0.3) is 5.91 Å². The molecular formula is C24H33NO7. The first-order valence-electron chi connectivity index (χ1n) is 11.0. The number of fused-ring (bicyclic) bond motifs is 1. The standard InChI is InChI=1S/C24H33NO7/c1-27-23-5-4-20-18-22(3-2-21(20)19-23)24(26)25-6-8-28-10-12-30-14-16-32-17-15-31-13-11-29-9-7-25/h2-5,18-19H,6-17H2,1H3. The first-order valence-corrected chi connectivity index (χ1v) is 11.0. The van der Waals surface area contributed by atoms with Crippen LogP contribution in [0.15, 0.2) is 36.4 Å². The first-order chi connectivity index (χ1) is 15.8. The highest BCUT2D eigenvalue weighted by Gasteiger charge is 2.16. The lowest BCUT2D eigenvalue weighted by Crippen LogP contribution is -2.37. The minimum Gasteiger partial charge on any atom is -0.497 e. The summed E-state index contributed by atoms with van der Waals surface area (Å²) in [6, 6.07) is 11.5. The summed E-state index contributed by atoms with van der Waals surface area (Å²) in [5, 5.41) is 2.02. The van der Waals surface area contributed by atoms with E-state index < -0.39 is 0 Å². The molecule has 2 aromatic carbocycles. The molecule has 1 saturated heterocycles. The van der Waals surface area contributed by atoms with E-state index >= 15 is 0 Å².